The average molecular weight is 370 g/mol. The van der Waals surface area contributed by atoms with Crippen LogP contribution < -0.4 is 20.1 Å². The minimum absolute atomic E-state index is 0.0689. The molecule has 0 bridgehead atoms. The lowest BCUT2D eigenvalue weighted by Crippen LogP contribution is -2.44. The normalized spacial score (nSPS) is 17.3. The van der Waals surface area contributed by atoms with E-state index < -0.39 is 0 Å². The second-order valence-corrected chi connectivity index (χ2v) is 6.35. The van der Waals surface area contributed by atoms with Crippen molar-refractivity contribution in [3.8, 4) is 11.5 Å². The van der Waals surface area contributed by atoms with Gasteiger partial charge in [0.25, 0.3) is 0 Å². The summed E-state index contributed by atoms with van der Waals surface area (Å²) in [6.07, 6.45) is 3.55. The van der Waals surface area contributed by atoms with Crippen molar-refractivity contribution in [1.29, 1.82) is 0 Å². The van der Waals surface area contributed by atoms with Crippen molar-refractivity contribution in [3.05, 3.63) is 48.3 Å². The van der Waals surface area contributed by atoms with Gasteiger partial charge in [-0.25, -0.2) is 4.79 Å². The Morgan fingerprint density at radius 1 is 1.11 bits per heavy atom. The molecule has 2 aliphatic heterocycles. The smallest absolute Gasteiger partial charge is 0.319 e. The van der Waals surface area contributed by atoms with Crippen LogP contribution in [0.15, 0.2) is 42.7 Å². The first-order valence-electron chi connectivity index (χ1n) is 8.96. The summed E-state index contributed by atoms with van der Waals surface area (Å²) in [5.41, 5.74) is 1.78. The number of aromatic nitrogens is 1. The molecule has 1 aromatic heterocycles. The summed E-state index contributed by atoms with van der Waals surface area (Å²) in [4.78, 5) is 18.8. The maximum atomic E-state index is 12.4. The summed E-state index contributed by atoms with van der Waals surface area (Å²) >= 11 is 0. The topological polar surface area (TPSA) is 85.0 Å². The first-order valence-corrected chi connectivity index (χ1v) is 8.96. The van der Waals surface area contributed by atoms with Gasteiger partial charge in [0.15, 0.2) is 11.5 Å². The van der Waals surface area contributed by atoms with Crippen LogP contribution in [0.2, 0.25) is 0 Å². The molecule has 8 nitrogen and oxygen atoms in total. The Labute approximate surface area is 157 Å². The highest BCUT2D eigenvalue weighted by atomic mass is 16.7. The molecule has 4 rings (SSSR count). The quantitative estimate of drug-likeness (QED) is 0.838. The Morgan fingerprint density at radius 3 is 2.70 bits per heavy atom. The number of pyridine rings is 1. The van der Waals surface area contributed by atoms with Crippen molar-refractivity contribution in [2.45, 2.75) is 6.04 Å². The number of urea groups is 1. The SMILES string of the molecule is O=C(NCC(c1ccncc1)N1CCOCC1)Nc1ccc2c(c1)OCO2. The number of hydrogen-bond donors (Lipinski definition) is 2. The van der Waals surface area contributed by atoms with Crippen molar-refractivity contribution in [1.82, 2.24) is 15.2 Å². The lowest BCUT2D eigenvalue weighted by atomic mass is 10.1. The van der Waals surface area contributed by atoms with Crippen molar-refractivity contribution < 1.29 is 19.0 Å². The highest BCUT2D eigenvalue weighted by Gasteiger charge is 2.23. The molecule has 2 amide bonds. The second-order valence-electron chi connectivity index (χ2n) is 6.35. The van der Waals surface area contributed by atoms with Crippen LogP contribution in [-0.2, 0) is 4.74 Å². The minimum atomic E-state index is -0.263. The average Bonchev–Trinajstić information content (AvgIpc) is 3.18. The summed E-state index contributed by atoms with van der Waals surface area (Å²) in [5, 5.41) is 5.81. The summed E-state index contributed by atoms with van der Waals surface area (Å²) in [5.74, 6) is 1.32. The van der Waals surface area contributed by atoms with Crippen LogP contribution in [-0.4, -0.2) is 55.6 Å². The molecule has 27 heavy (non-hydrogen) atoms. The highest BCUT2D eigenvalue weighted by Crippen LogP contribution is 2.34. The molecule has 142 valence electrons. The lowest BCUT2D eigenvalue weighted by molar-refractivity contribution is 0.0167. The molecule has 3 heterocycles. The van der Waals surface area contributed by atoms with Crippen LogP contribution in [0.1, 0.15) is 11.6 Å². The van der Waals surface area contributed by atoms with Gasteiger partial charge in [0, 0.05) is 43.8 Å². The monoisotopic (exact) mass is 370 g/mol. The van der Waals surface area contributed by atoms with Crippen LogP contribution in [0.4, 0.5) is 10.5 Å². The van der Waals surface area contributed by atoms with Crippen molar-refractivity contribution in [3.63, 3.8) is 0 Å². The molecule has 0 spiro atoms. The Morgan fingerprint density at radius 2 is 1.89 bits per heavy atom. The molecule has 1 fully saturated rings. The largest absolute Gasteiger partial charge is 0.454 e. The van der Waals surface area contributed by atoms with E-state index in [1.807, 2.05) is 12.1 Å². The highest BCUT2D eigenvalue weighted by molar-refractivity contribution is 5.89. The van der Waals surface area contributed by atoms with Crippen LogP contribution in [0.5, 0.6) is 11.5 Å². The molecule has 1 aromatic carbocycles. The number of carbonyl (C=O) groups excluding carboxylic acids is 1. The predicted molar refractivity (Wildman–Crippen MR) is 99.0 cm³/mol. The third kappa shape index (κ3) is 4.29. The maximum absolute atomic E-state index is 12.4. The molecule has 0 aliphatic carbocycles. The van der Waals surface area contributed by atoms with E-state index in [9.17, 15) is 4.79 Å². The Hall–Kier alpha value is -2.84. The van der Waals surface area contributed by atoms with Crippen LogP contribution in [0.3, 0.4) is 0 Å². The van der Waals surface area contributed by atoms with Crippen LogP contribution in [0.25, 0.3) is 0 Å². The number of nitrogens with zero attached hydrogens (tertiary/aromatic N) is 2. The number of benzene rings is 1. The zero-order chi connectivity index (χ0) is 18.5. The Kier molecular flexibility index (Phi) is 5.36. The fourth-order valence-electron chi connectivity index (χ4n) is 3.27. The third-order valence-electron chi connectivity index (χ3n) is 4.66. The molecule has 8 heteroatoms. The van der Waals surface area contributed by atoms with E-state index in [1.54, 1.807) is 30.6 Å². The van der Waals surface area contributed by atoms with Gasteiger partial charge in [0.2, 0.25) is 6.79 Å². The lowest BCUT2D eigenvalue weighted by Gasteiger charge is -2.34. The molecule has 2 aliphatic rings. The van der Waals surface area contributed by atoms with E-state index in [1.165, 1.54) is 0 Å². The standard InChI is InChI=1S/C19H22N4O4/c24-19(22-15-1-2-17-18(11-15)27-13-26-17)21-12-16(14-3-5-20-6-4-14)23-7-9-25-10-8-23/h1-6,11,16H,7-10,12-13H2,(H2,21,22,24). The van der Waals surface area contributed by atoms with E-state index in [0.717, 1.165) is 18.7 Å². The predicted octanol–water partition coefficient (Wildman–Crippen LogP) is 2.01. The summed E-state index contributed by atoms with van der Waals surface area (Å²) in [6.45, 7) is 3.76. The zero-order valence-electron chi connectivity index (χ0n) is 14.9. The first kappa shape index (κ1) is 17.6. The van der Waals surface area contributed by atoms with E-state index in [2.05, 4.69) is 20.5 Å². The van der Waals surface area contributed by atoms with E-state index >= 15 is 0 Å². The fraction of sp³-hybridized carbons (Fsp3) is 0.368. The van der Waals surface area contributed by atoms with Gasteiger partial charge in [-0.3, -0.25) is 9.88 Å². The number of amides is 2. The molecule has 0 radical (unpaired) electrons. The number of carbonyl (C=O) groups is 1. The van der Waals surface area contributed by atoms with E-state index in [0.29, 0.717) is 36.9 Å². The van der Waals surface area contributed by atoms with Crippen molar-refractivity contribution in [2.75, 3.05) is 45.0 Å². The van der Waals surface area contributed by atoms with Gasteiger partial charge in [0.05, 0.1) is 19.3 Å². The summed E-state index contributed by atoms with van der Waals surface area (Å²) < 4.78 is 16.1. The molecule has 1 saturated heterocycles. The van der Waals surface area contributed by atoms with Gasteiger partial charge in [-0.05, 0) is 29.8 Å². The van der Waals surface area contributed by atoms with Gasteiger partial charge in [-0.15, -0.1) is 0 Å². The van der Waals surface area contributed by atoms with E-state index in [-0.39, 0.29) is 18.9 Å². The molecule has 2 N–H and O–H groups in total. The van der Waals surface area contributed by atoms with Crippen LogP contribution >= 0.6 is 0 Å². The van der Waals surface area contributed by atoms with Gasteiger partial charge < -0.3 is 24.8 Å². The number of fused-ring (bicyclic) bond motifs is 1. The molecule has 1 unspecified atom stereocenters. The first-order chi connectivity index (χ1) is 13.3. The Balaban J connectivity index is 1.38. The molecular formula is C19H22N4O4. The molecule has 1 atom stereocenters. The van der Waals surface area contributed by atoms with Crippen molar-refractivity contribution in [2.24, 2.45) is 0 Å². The van der Waals surface area contributed by atoms with Crippen LogP contribution in [0, 0.1) is 0 Å². The molecular weight excluding hydrogens is 348 g/mol. The fourth-order valence-corrected chi connectivity index (χ4v) is 3.27. The number of rotatable bonds is 5. The van der Waals surface area contributed by atoms with Gasteiger partial charge >= 0.3 is 6.03 Å². The maximum Gasteiger partial charge on any atom is 0.319 e. The summed E-state index contributed by atoms with van der Waals surface area (Å²) in [7, 11) is 0. The summed E-state index contributed by atoms with van der Waals surface area (Å²) in [6, 6.07) is 9.10. The Bertz CT molecular complexity index is 781. The van der Waals surface area contributed by atoms with Crippen molar-refractivity contribution >= 4 is 11.7 Å². The molecule has 2 aromatic rings. The number of ether oxygens (including phenoxy) is 3. The molecule has 0 saturated carbocycles. The number of hydrogen-bond acceptors (Lipinski definition) is 6. The number of anilines is 1. The second kappa shape index (κ2) is 8.24. The minimum Gasteiger partial charge on any atom is -0.454 e. The van der Waals surface area contributed by atoms with Gasteiger partial charge in [-0.2, -0.15) is 0 Å². The van der Waals surface area contributed by atoms with Gasteiger partial charge in [0.1, 0.15) is 0 Å². The van der Waals surface area contributed by atoms with Gasteiger partial charge in [-0.1, -0.05) is 0 Å². The zero-order valence-corrected chi connectivity index (χ0v) is 14.9. The number of nitrogens with one attached hydrogen (secondary N) is 2. The third-order valence-corrected chi connectivity index (χ3v) is 4.66. The van der Waals surface area contributed by atoms with E-state index in [4.69, 9.17) is 14.2 Å². The number of morpholine rings is 1.